The average molecular weight is 380 g/mol. The summed E-state index contributed by atoms with van der Waals surface area (Å²) < 4.78 is 5.68. The van der Waals surface area contributed by atoms with Gasteiger partial charge in [-0.05, 0) is 37.1 Å². The lowest BCUT2D eigenvalue weighted by molar-refractivity contribution is -0.132. The molecule has 1 aromatic rings. The SMILES string of the molecule is O=C(NCCC(=O)N1CCN(C[C@H]2CCCO2)CC1)c1ccc(Cl)cc1. The number of ether oxygens (including phenoxy) is 1. The summed E-state index contributed by atoms with van der Waals surface area (Å²) in [4.78, 5) is 28.6. The number of nitrogens with zero attached hydrogens (tertiary/aromatic N) is 2. The van der Waals surface area contributed by atoms with Crippen molar-refractivity contribution in [1.29, 1.82) is 0 Å². The summed E-state index contributed by atoms with van der Waals surface area (Å²) in [6.45, 7) is 5.47. The molecule has 142 valence electrons. The van der Waals surface area contributed by atoms with Crippen LogP contribution in [0.5, 0.6) is 0 Å². The molecular formula is C19H26ClN3O3. The van der Waals surface area contributed by atoms with E-state index in [4.69, 9.17) is 16.3 Å². The second-order valence-electron chi connectivity index (χ2n) is 6.83. The zero-order valence-electron chi connectivity index (χ0n) is 15.0. The average Bonchev–Trinajstić information content (AvgIpc) is 3.15. The number of hydrogen-bond acceptors (Lipinski definition) is 4. The van der Waals surface area contributed by atoms with Gasteiger partial charge < -0.3 is 15.0 Å². The van der Waals surface area contributed by atoms with Crippen LogP contribution in [0.15, 0.2) is 24.3 Å². The second kappa shape index (κ2) is 9.35. The fourth-order valence-corrected chi connectivity index (χ4v) is 3.53. The van der Waals surface area contributed by atoms with Crippen LogP contribution >= 0.6 is 11.6 Å². The van der Waals surface area contributed by atoms with Gasteiger partial charge >= 0.3 is 0 Å². The molecule has 2 heterocycles. The van der Waals surface area contributed by atoms with Gasteiger partial charge in [-0.25, -0.2) is 0 Å². The van der Waals surface area contributed by atoms with Gasteiger partial charge in [0, 0.05) is 62.9 Å². The third-order valence-corrected chi connectivity index (χ3v) is 5.19. The number of nitrogens with one attached hydrogen (secondary N) is 1. The molecule has 2 amide bonds. The van der Waals surface area contributed by atoms with Crippen molar-refractivity contribution in [1.82, 2.24) is 15.1 Å². The van der Waals surface area contributed by atoms with Gasteiger partial charge in [0.2, 0.25) is 5.91 Å². The molecule has 0 radical (unpaired) electrons. The molecule has 3 rings (SSSR count). The molecule has 0 saturated carbocycles. The van der Waals surface area contributed by atoms with Crippen molar-refractivity contribution in [2.24, 2.45) is 0 Å². The van der Waals surface area contributed by atoms with Crippen LogP contribution in [0.3, 0.4) is 0 Å². The lowest BCUT2D eigenvalue weighted by Gasteiger charge is -2.35. The van der Waals surface area contributed by atoms with Gasteiger partial charge in [0.15, 0.2) is 0 Å². The molecule has 1 N–H and O–H groups in total. The van der Waals surface area contributed by atoms with Crippen LogP contribution in [-0.4, -0.2) is 73.6 Å². The summed E-state index contributed by atoms with van der Waals surface area (Å²) >= 11 is 5.81. The molecule has 0 spiro atoms. The van der Waals surface area contributed by atoms with E-state index in [2.05, 4.69) is 10.2 Å². The number of halogens is 1. The number of piperazine rings is 1. The fraction of sp³-hybridized carbons (Fsp3) is 0.579. The van der Waals surface area contributed by atoms with Crippen molar-refractivity contribution in [2.45, 2.75) is 25.4 Å². The molecule has 0 aliphatic carbocycles. The minimum atomic E-state index is -0.184. The first kappa shape index (κ1) is 19.1. The molecule has 0 unspecified atom stereocenters. The number of amides is 2. The van der Waals surface area contributed by atoms with Crippen LogP contribution in [0.25, 0.3) is 0 Å². The molecule has 2 aliphatic rings. The van der Waals surface area contributed by atoms with E-state index in [-0.39, 0.29) is 11.8 Å². The van der Waals surface area contributed by atoms with Gasteiger partial charge in [-0.3, -0.25) is 14.5 Å². The van der Waals surface area contributed by atoms with Gasteiger partial charge in [0.25, 0.3) is 5.91 Å². The molecule has 6 nitrogen and oxygen atoms in total. The van der Waals surface area contributed by atoms with Crippen LogP contribution in [0.4, 0.5) is 0 Å². The Labute approximate surface area is 159 Å². The van der Waals surface area contributed by atoms with E-state index in [1.165, 1.54) is 0 Å². The third kappa shape index (κ3) is 5.43. The highest BCUT2D eigenvalue weighted by Gasteiger charge is 2.24. The minimum absolute atomic E-state index is 0.0955. The Balaban J connectivity index is 1.33. The van der Waals surface area contributed by atoms with Gasteiger partial charge in [-0.1, -0.05) is 11.6 Å². The Bertz CT molecular complexity index is 609. The number of hydrogen-bond donors (Lipinski definition) is 1. The van der Waals surface area contributed by atoms with Crippen molar-refractivity contribution in [2.75, 3.05) is 45.9 Å². The maximum absolute atomic E-state index is 12.3. The first-order valence-electron chi connectivity index (χ1n) is 9.27. The number of carbonyl (C=O) groups excluding carboxylic acids is 2. The monoisotopic (exact) mass is 379 g/mol. The Morgan fingerprint density at radius 2 is 1.88 bits per heavy atom. The number of carbonyl (C=O) groups is 2. The van der Waals surface area contributed by atoms with Crippen molar-refractivity contribution < 1.29 is 14.3 Å². The molecule has 1 atom stereocenters. The van der Waals surface area contributed by atoms with Gasteiger partial charge in [-0.15, -0.1) is 0 Å². The topological polar surface area (TPSA) is 61.9 Å². The van der Waals surface area contributed by atoms with Crippen molar-refractivity contribution in [3.63, 3.8) is 0 Å². The molecule has 0 bridgehead atoms. The van der Waals surface area contributed by atoms with Crippen LogP contribution in [0.1, 0.15) is 29.6 Å². The molecule has 2 fully saturated rings. The molecule has 7 heteroatoms. The van der Waals surface area contributed by atoms with Gasteiger partial charge in [0.05, 0.1) is 6.10 Å². The third-order valence-electron chi connectivity index (χ3n) is 4.94. The normalized spacial score (nSPS) is 21.0. The summed E-state index contributed by atoms with van der Waals surface area (Å²) in [5.74, 6) is -0.0889. The Kier molecular flexibility index (Phi) is 6.88. The summed E-state index contributed by atoms with van der Waals surface area (Å²) in [6, 6.07) is 6.70. The maximum Gasteiger partial charge on any atom is 0.251 e. The Morgan fingerprint density at radius 3 is 2.54 bits per heavy atom. The van der Waals surface area contributed by atoms with E-state index in [0.29, 0.717) is 29.7 Å². The predicted molar refractivity (Wildman–Crippen MR) is 100 cm³/mol. The predicted octanol–water partition coefficient (Wildman–Crippen LogP) is 1.78. The minimum Gasteiger partial charge on any atom is -0.377 e. The highest BCUT2D eigenvalue weighted by molar-refractivity contribution is 6.30. The summed E-state index contributed by atoms with van der Waals surface area (Å²) in [5.41, 5.74) is 0.546. The molecule has 1 aromatic carbocycles. The van der Waals surface area contributed by atoms with Crippen molar-refractivity contribution >= 4 is 23.4 Å². The van der Waals surface area contributed by atoms with Crippen molar-refractivity contribution in [3.8, 4) is 0 Å². The van der Waals surface area contributed by atoms with E-state index >= 15 is 0 Å². The first-order chi connectivity index (χ1) is 12.6. The van der Waals surface area contributed by atoms with Crippen LogP contribution in [0.2, 0.25) is 5.02 Å². The zero-order valence-corrected chi connectivity index (χ0v) is 15.7. The number of rotatable bonds is 6. The largest absolute Gasteiger partial charge is 0.377 e. The van der Waals surface area contributed by atoms with E-state index in [1.54, 1.807) is 24.3 Å². The summed E-state index contributed by atoms with van der Waals surface area (Å²) in [6.07, 6.45) is 2.99. The van der Waals surface area contributed by atoms with E-state index < -0.39 is 0 Å². The quantitative estimate of drug-likeness (QED) is 0.818. The van der Waals surface area contributed by atoms with E-state index in [1.807, 2.05) is 4.90 Å². The Morgan fingerprint density at radius 1 is 1.15 bits per heavy atom. The van der Waals surface area contributed by atoms with Crippen LogP contribution < -0.4 is 5.32 Å². The van der Waals surface area contributed by atoms with E-state index in [0.717, 1.165) is 52.2 Å². The summed E-state index contributed by atoms with van der Waals surface area (Å²) in [7, 11) is 0. The number of benzene rings is 1. The molecule has 26 heavy (non-hydrogen) atoms. The van der Waals surface area contributed by atoms with Crippen LogP contribution in [-0.2, 0) is 9.53 Å². The lowest BCUT2D eigenvalue weighted by Crippen LogP contribution is -2.50. The standard InChI is InChI=1S/C19H26ClN3O3/c20-16-5-3-15(4-6-16)19(25)21-8-7-18(24)23-11-9-22(10-12-23)14-17-2-1-13-26-17/h3-6,17H,1-2,7-14H2,(H,21,25)/t17-/m1/s1. The highest BCUT2D eigenvalue weighted by atomic mass is 35.5. The maximum atomic E-state index is 12.3. The second-order valence-corrected chi connectivity index (χ2v) is 7.27. The van der Waals surface area contributed by atoms with Crippen molar-refractivity contribution in [3.05, 3.63) is 34.9 Å². The fourth-order valence-electron chi connectivity index (χ4n) is 3.40. The molecule has 0 aromatic heterocycles. The van der Waals surface area contributed by atoms with Gasteiger partial charge in [-0.2, -0.15) is 0 Å². The van der Waals surface area contributed by atoms with Gasteiger partial charge in [0.1, 0.15) is 0 Å². The van der Waals surface area contributed by atoms with E-state index in [9.17, 15) is 9.59 Å². The van der Waals surface area contributed by atoms with Crippen LogP contribution in [0, 0.1) is 0 Å². The Hall–Kier alpha value is -1.63. The highest BCUT2D eigenvalue weighted by Crippen LogP contribution is 2.14. The molecule has 2 saturated heterocycles. The lowest BCUT2D eigenvalue weighted by atomic mass is 10.2. The zero-order chi connectivity index (χ0) is 18.4. The molecular weight excluding hydrogens is 354 g/mol. The summed E-state index contributed by atoms with van der Waals surface area (Å²) in [5, 5.41) is 3.38. The molecule has 2 aliphatic heterocycles. The smallest absolute Gasteiger partial charge is 0.251 e. The first-order valence-corrected chi connectivity index (χ1v) is 9.65.